The summed E-state index contributed by atoms with van der Waals surface area (Å²) in [5.41, 5.74) is 8.18. The van der Waals surface area contributed by atoms with Crippen LogP contribution in [-0.2, 0) is 0 Å². The van der Waals surface area contributed by atoms with Crippen LogP contribution in [0.1, 0.15) is 5.56 Å². The predicted molar refractivity (Wildman–Crippen MR) is 57.9 cm³/mol. The van der Waals surface area contributed by atoms with Crippen LogP contribution in [0.25, 0.3) is 0 Å². The van der Waals surface area contributed by atoms with E-state index in [1.165, 1.54) is 11.3 Å². The normalized spacial score (nSPS) is 16.6. The number of aryl methyl sites for hydroxylation is 1. The molecular weight excluding hydrogens is 176 g/mol. The van der Waals surface area contributed by atoms with Gasteiger partial charge in [-0.25, -0.2) is 0 Å². The quantitative estimate of drug-likeness (QED) is 0.764. The van der Waals surface area contributed by atoms with Gasteiger partial charge in [0.1, 0.15) is 5.75 Å². The van der Waals surface area contributed by atoms with E-state index < -0.39 is 0 Å². The van der Waals surface area contributed by atoms with Crippen LogP contribution in [0, 0.1) is 6.92 Å². The summed E-state index contributed by atoms with van der Waals surface area (Å²) in [4.78, 5) is 2.26. The van der Waals surface area contributed by atoms with Gasteiger partial charge in [-0.05, 0) is 24.6 Å². The van der Waals surface area contributed by atoms with Gasteiger partial charge < -0.3 is 15.4 Å². The van der Waals surface area contributed by atoms with Crippen LogP contribution in [0.15, 0.2) is 18.2 Å². The Kier molecular flexibility index (Phi) is 2.33. The predicted octanol–water partition coefficient (Wildman–Crippen LogP) is 1.15. The summed E-state index contributed by atoms with van der Waals surface area (Å²) in [7, 11) is 1.69. The molecule has 0 aliphatic carbocycles. The van der Waals surface area contributed by atoms with Crippen LogP contribution in [0.5, 0.6) is 5.75 Å². The first-order valence-electron chi connectivity index (χ1n) is 4.85. The number of nitrogens with zero attached hydrogens (tertiary/aromatic N) is 1. The van der Waals surface area contributed by atoms with Crippen molar-refractivity contribution in [1.82, 2.24) is 0 Å². The summed E-state index contributed by atoms with van der Waals surface area (Å²) in [6.07, 6.45) is 0. The van der Waals surface area contributed by atoms with Crippen LogP contribution < -0.4 is 15.4 Å². The molecule has 0 saturated carbocycles. The van der Waals surface area contributed by atoms with E-state index in [0.29, 0.717) is 6.04 Å². The molecular formula is C11H16N2O. The third-order valence-electron chi connectivity index (χ3n) is 2.55. The first-order valence-corrected chi connectivity index (χ1v) is 4.85. The SMILES string of the molecule is COc1cc(C)cc(N2CC(N)C2)c1. The summed E-state index contributed by atoms with van der Waals surface area (Å²) in [6, 6.07) is 6.58. The molecule has 1 saturated heterocycles. The van der Waals surface area contributed by atoms with Crippen molar-refractivity contribution in [3.63, 3.8) is 0 Å². The van der Waals surface area contributed by atoms with Crippen molar-refractivity contribution in [1.29, 1.82) is 0 Å². The summed E-state index contributed by atoms with van der Waals surface area (Å²) >= 11 is 0. The molecule has 0 radical (unpaired) electrons. The van der Waals surface area contributed by atoms with E-state index in [1.54, 1.807) is 7.11 Å². The highest BCUT2D eigenvalue weighted by Crippen LogP contribution is 2.26. The Balaban J connectivity index is 2.21. The Bertz CT molecular complexity index is 332. The Morgan fingerprint density at radius 2 is 2.07 bits per heavy atom. The first-order chi connectivity index (χ1) is 6.69. The zero-order chi connectivity index (χ0) is 10.1. The molecule has 14 heavy (non-hydrogen) atoms. The number of hydrogen-bond donors (Lipinski definition) is 1. The molecule has 0 atom stereocenters. The van der Waals surface area contributed by atoms with Crippen molar-refractivity contribution in [2.75, 3.05) is 25.1 Å². The second-order valence-electron chi connectivity index (χ2n) is 3.87. The number of rotatable bonds is 2. The van der Waals surface area contributed by atoms with Gasteiger partial charge in [0.25, 0.3) is 0 Å². The molecule has 76 valence electrons. The minimum Gasteiger partial charge on any atom is -0.497 e. The molecule has 1 aliphatic rings. The van der Waals surface area contributed by atoms with Gasteiger partial charge in [0, 0.05) is 30.9 Å². The maximum Gasteiger partial charge on any atom is 0.121 e. The standard InChI is InChI=1S/C11H16N2O/c1-8-3-10(5-11(4-8)14-2)13-6-9(12)7-13/h3-5,9H,6-7,12H2,1-2H3. The zero-order valence-corrected chi connectivity index (χ0v) is 8.66. The van der Waals surface area contributed by atoms with Crippen LogP contribution in [0.3, 0.4) is 0 Å². The van der Waals surface area contributed by atoms with Crippen LogP contribution >= 0.6 is 0 Å². The first kappa shape index (κ1) is 9.34. The Hall–Kier alpha value is -1.22. The molecule has 2 rings (SSSR count). The molecule has 3 nitrogen and oxygen atoms in total. The molecule has 0 unspecified atom stereocenters. The van der Waals surface area contributed by atoms with Gasteiger partial charge in [0.15, 0.2) is 0 Å². The van der Waals surface area contributed by atoms with Gasteiger partial charge in [-0.3, -0.25) is 0 Å². The van der Waals surface area contributed by atoms with Crippen molar-refractivity contribution in [2.24, 2.45) is 5.73 Å². The van der Waals surface area contributed by atoms with Gasteiger partial charge in [0.05, 0.1) is 7.11 Å². The fourth-order valence-electron chi connectivity index (χ4n) is 1.75. The second kappa shape index (κ2) is 3.50. The Labute approximate surface area is 84.5 Å². The zero-order valence-electron chi connectivity index (χ0n) is 8.66. The number of nitrogens with two attached hydrogens (primary N) is 1. The van der Waals surface area contributed by atoms with Crippen LogP contribution in [0.2, 0.25) is 0 Å². The fraction of sp³-hybridized carbons (Fsp3) is 0.455. The molecule has 1 heterocycles. The lowest BCUT2D eigenvalue weighted by molar-refractivity contribution is 0.414. The lowest BCUT2D eigenvalue weighted by Crippen LogP contribution is -2.55. The molecule has 1 aliphatic heterocycles. The smallest absolute Gasteiger partial charge is 0.121 e. The third kappa shape index (κ3) is 1.68. The van der Waals surface area contributed by atoms with Crippen LogP contribution in [-0.4, -0.2) is 26.2 Å². The highest BCUT2D eigenvalue weighted by molar-refractivity contribution is 5.55. The van der Waals surface area contributed by atoms with E-state index in [1.807, 2.05) is 6.07 Å². The molecule has 2 N–H and O–H groups in total. The molecule has 0 amide bonds. The number of methoxy groups -OCH3 is 1. The van der Waals surface area contributed by atoms with Crippen molar-refractivity contribution in [3.05, 3.63) is 23.8 Å². The maximum atomic E-state index is 5.74. The molecule has 3 heteroatoms. The summed E-state index contributed by atoms with van der Waals surface area (Å²) in [5, 5.41) is 0. The second-order valence-corrected chi connectivity index (χ2v) is 3.87. The van der Waals surface area contributed by atoms with E-state index in [4.69, 9.17) is 10.5 Å². The number of hydrogen-bond acceptors (Lipinski definition) is 3. The molecule has 0 bridgehead atoms. The molecule has 1 aromatic carbocycles. The maximum absolute atomic E-state index is 5.74. The van der Waals surface area contributed by atoms with Gasteiger partial charge in [-0.15, -0.1) is 0 Å². The highest BCUT2D eigenvalue weighted by atomic mass is 16.5. The monoisotopic (exact) mass is 192 g/mol. The summed E-state index contributed by atoms with van der Waals surface area (Å²) in [5.74, 6) is 0.917. The van der Waals surface area contributed by atoms with Crippen LogP contribution in [0.4, 0.5) is 5.69 Å². The van der Waals surface area contributed by atoms with E-state index in [-0.39, 0.29) is 0 Å². The fourth-order valence-corrected chi connectivity index (χ4v) is 1.75. The van der Waals surface area contributed by atoms with E-state index in [9.17, 15) is 0 Å². The number of ether oxygens (including phenoxy) is 1. The molecule has 1 aromatic rings. The average Bonchev–Trinajstić information content (AvgIpc) is 2.12. The van der Waals surface area contributed by atoms with Gasteiger partial charge >= 0.3 is 0 Å². The topological polar surface area (TPSA) is 38.5 Å². The van der Waals surface area contributed by atoms with Gasteiger partial charge in [0.2, 0.25) is 0 Å². The van der Waals surface area contributed by atoms with Crippen molar-refractivity contribution in [3.8, 4) is 5.75 Å². The lowest BCUT2D eigenvalue weighted by Gasteiger charge is -2.39. The molecule has 0 aromatic heterocycles. The Morgan fingerprint density at radius 1 is 1.36 bits per heavy atom. The van der Waals surface area contributed by atoms with Gasteiger partial charge in [-0.1, -0.05) is 0 Å². The molecule has 1 fully saturated rings. The van der Waals surface area contributed by atoms with Crippen molar-refractivity contribution in [2.45, 2.75) is 13.0 Å². The van der Waals surface area contributed by atoms with E-state index >= 15 is 0 Å². The minimum absolute atomic E-state index is 0.335. The Morgan fingerprint density at radius 3 is 2.64 bits per heavy atom. The summed E-state index contributed by atoms with van der Waals surface area (Å²) in [6.45, 7) is 3.98. The number of anilines is 1. The third-order valence-corrected chi connectivity index (χ3v) is 2.55. The molecule has 0 spiro atoms. The number of benzene rings is 1. The minimum atomic E-state index is 0.335. The largest absolute Gasteiger partial charge is 0.497 e. The highest BCUT2D eigenvalue weighted by Gasteiger charge is 2.23. The van der Waals surface area contributed by atoms with Crippen molar-refractivity contribution >= 4 is 5.69 Å². The van der Waals surface area contributed by atoms with Gasteiger partial charge in [-0.2, -0.15) is 0 Å². The van der Waals surface area contributed by atoms with E-state index in [0.717, 1.165) is 18.8 Å². The van der Waals surface area contributed by atoms with E-state index in [2.05, 4.69) is 24.0 Å². The van der Waals surface area contributed by atoms with Crippen molar-refractivity contribution < 1.29 is 4.74 Å². The summed E-state index contributed by atoms with van der Waals surface area (Å²) < 4.78 is 5.22. The average molecular weight is 192 g/mol. The lowest BCUT2D eigenvalue weighted by atomic mass is 10.1.